The largest absolute Gasteiger partial charge is 0.464 e. The number of carbonyl (C=O) groups is 3. The molecule has 0 bridgehead atoms. The van der Waals surface area contributed by atoms with Crippen molar-refractivity contribution in [1.29, 1.82) is 0 Å². The summed E-state index contributed by atoms with van der Waals surface area (Å²) >= 11 is 0. The highest BCUT2D eigenvalue weighted by Gasteiger charge is 2.66. The van der Waals surface area contributed by atoms with E-state index >= 15 is 0 Å². The van der Waals surface area contributed by atoms with E-state index in [2.05, 4.69) is 12.8 Å². The van der Waals surface area contributed by atoms with Gasteiger partial charge in [0.05, 0.1) is 0 Å². The Kier molecular flexibility index (Phi) is 5.33. The molecule has 0 unspecified atom stereocenters. The van der Waals surface area contributed by atoms with E-state index in [-0.39, 0.29) is 35.8 Å². The summed E-state index contributed by atoms with van der Waals surface area (Å²) in [5, 5.41) is 0. The van der Waals surface area contributed by atoms with Crippen molar-refractivity contribution in [2.45, 2.75) is 70.5 Å². The smallest absolute Gasteiger partial charge is 0.308 e. The van der Waals surface area contributed by atoms with Gasteiger partial charge in [-0.05, 0) is 67.2 Å². The van der Waals surface area contributed by atoms with E-state index in [1.165, 1.54) is 13.8 Å². The average Bonchev–Trinajstić information content (AvgIpc) is 2.99. The summed E-state index contributed by atoms with van der Waals surface area (Å²) in [5.41, 5.74) is 0.784. The molecule has 0 spiro atoms. The summed E-state index contributed by atoms with van der Waals surface area (Å²) in [4.78, 5) is 34.7. The fourth-order valence-electron chi connectivity index (χ4n) is 6.71. The molecule has 0 aromatic heterocycles. The van der Waals surface area contributed by atoms with Crippen LogP contribution >= 0.6 is 0 Å². The van der Waals surface area contributed by atoms with Crippen LogP contribution in [0.25, 0.3) is 0 Å². The molecule has 0 saturated heterocycles. The van der Waals surface area contributed by atoms with E-state index in [9.17, 15) is 14.4 Å². The normalized spacial score (nSPS) is 35.5. The first-order chi connectivity index (χ1) is 14.7. The SMILES string of the molecule is C#C[C@]1(OC(C)=O)CC[C@H]2[C@@H]3CCc4cc(OC(C)=O)ccc4[C@H]3[C@H](OC=O)C[C@@]21C. The van der Waals surface area contributed by atoms with Crippen LogP contribution in [0.2, 0.25) is 0 Å². The first kappa shape index (κ1) is 21.4. The molecule has 1 aromatic rings. The quantitative estimate of drug-likeness (QED) is 0.318. The predicted octanol–water partition coefficient (Wildman–Crippen LogP) is 3.55. The number of hydrogen-bond acceptors (Lipinski definition) is 6. The molecule has 0 radical (unpaired) electrons. The first-order valence-electron chi connectivity index (χ1n) is 10.8. The third kappa shape index (κ3) is 3.31. The van der Waals surface area contributed by atoms with Crippen molar-refractivity contribution in [2.24, 2.45) is 17.3 Å². The second-order valence-electron chi connectivity index (χ2n) is 9.29. The second-order valence-corrected chi connectivity index (χ2v) is 9.29. The van der Waals surface area contributed by atoms with Gasteiger partial charge in [0.1, 0.15) is 11.9 Å². The van der Waals surface area contributed by atoms with Gasteiger partial charge in [0.2, 0.25) is 0 Å². The van der Waals surface area contributed by atoms with Crippen LogP contribution in [0, 0.1) is 29.6 Å². The zero-order valence-corrected chi connectivity index (χ0v) is 18.2. The molecular formula is C25H28O6. The van der Waals surface area contributed by atoms with Crippen molar-refractivity contribution in [3.05, 3.63) is 29.3 Å². The molecule has 164 valence electrons. The lowest BCUT2D eigenvalue weighted by molar-refractivity contribution is -0.175. The number of benzene rings is 1. The minimum Gasteiger partial charge on any atom is -0.464 e. The topological polar surface area (TPSA) is 78.9 Å². The molecule has 0 heterocycles. The first-order valence-corrected chi connectivity index (χ1v) is 10.8. The van der Waals surface area contributed by atoms with Crippen molar-refractivity contribution in [1.82, 2.24) is 0 Å². The summed E-state index contributed by atoms with van der Waals surface area (Å²) in [6.45, 7) is 5.36. The van der Waals surface area contributed by atoms with Gasteiger partial charge in [-0.1, -0.05) is 18.9 Å². The molecule has 0 amide bonds. The Labute approximate surface area is 182 Å². The van der Waals surface area contributed by atoms with Gasteiger partial charge in [0.15, 0.2) is 5.60 Å². The van der Waals surface area contributed by atoms with Crippen molar-refractivity contribution < 1.29 is 28.6 Å². The lowest BCUT2D eigenvalue weighted by Crippen LogP contribution is -2.56. The zero-order valence-electron chi connectivity index (χ0n) is 18.2. The molecule has 3 aliphatic rings. The summed E-state index contributed by atoms with van der Waals surface area (Å²) in [6.07, 6.45) is 9.32. The van der Waals surface area contributed by atoms with Crippen LogP contribution in [0.3, 0.4) is 0 Å². The maximum Gasteiger partial charge on any atom is 0.308 e. The number of terminal acetylenes is 1. The van der Waals surface area contributed by atoms with Gasteiger partial charge in [0.25, 0.3) is 6.47 Å². The molecule has 4 rings (SSSR count). The van der Waals surface area contributed by atoms with Gasteiger partial charge in [-0.3, -0.25) is 14.4 Å². The van der Waals surface area contributed by atoms with E-state index in [1.54, 1.807) is 6.07 Å². The number of esters is 2. The Balaban J connectivity index is 1.75. The van der Waals surface area contributed by atoms with E-state index in [4.69, 9.17) is 20.6 Å². The van der Waals surface area contributed by atoms with Crippen LogP contribution in [0.1, 0.15) is 63.5 Å². The third-order valence-electron chi connectivity index (χ3n) is 7.82. The maximum absolute atomic E-state index is 11.9. The number of hydrogen-bond donors (Lipinski definition) is 0. The Morgan fingerprint density at radius 2 is 2.00 bits per heavy atom. The standard InChI is InChI=1S/C25H28O6/c1-5-25(31-16(3)28)11-10-21-20-8-6-17-12-18(30-15(2)27)7-9-19(17)23(20)22(29-14-26)13-24(21,25)4/h1,7,9,12,14,20-23H,6,8,10-11,13H2,2-4H3/t20-,21-,22+,23+,24-,25-/m0/s1. The van der Waals surface area contributed by atoms with Gasteiger partial charge >= 0.3 is 11.9 Å². The Hall–Kier alpha value is -2.81. The summed E-state index contributed by atoms with van der Waals surface area (Å²) < 4.78 is 16.7. The fraction of sp³-hybridized carbons (Fsp3) is 0.560. The molecule has 0 aliphatic heterocycles. The monoisotopic (exact) mass is 424 g/mol. The highest BCUT2D eigenvalue weighted by molar-refractivity contribution is 5.69. The zero-order chi connectivity index (χ0) is 22.4. The molecule has 2 saturated carbocycles. The lowest BCUT2D eigenvalue weighted by Gasteiger charge is -2.54. The third-order valence-corrected chi connectivity index (χ3v) is 7.82. The highest BCUT2D eigenvalue weighted by Crippen LogP contribution is 2.65. The van der Waals surface area contributed by atoms with Crippen LogP contribution in [0.15, 0.2) is 18.2 Å². The number of aryl methyl sites for hydroxylation is 1. The molecule has 6 nitrogen and oxygen atoms in total. The Morgan fingerprint density at radius 1 is 1.23 bits per heavy atom. The van der Waals surface area contributed by atoms with Crippen LogP contribution in [0.5, 0.6) is 5.75 Å². The molecule has 3 aliphatic carbocycles. The molecule has 0 N–H and O–H groups in total. The molecule has 1 aromatic carbocycles. The summed E-state index contributed by atoms with van der Waals surface area (Å²) in [5.74, 6) is 3.14. The predicted molar refractivity (Wildman–Crippen MR) is 112 cm³/mol. The minimum absolute atomic E-state index is 0.0318. The number of fused-ring (bicyclic) bond motifs is 5. The Morgan fingerprint density at radius 3 is 2.65 bits per heavy atom. The summed E-state index contributed by atoms with van der Waals surface area (Å²) in [6, 6.07) is 5.70. The molecule has 6 atom stereocenters. The number of rotatable bonds is 4. The lowest BCUT2D eigenvalue weighted by atomic mass is 9.52. The van der Waals surface area contributed by atoms with Crippen LogP contribution in [-0.2, 0) is 30.3 Å². The average molecular weight is 424 g/mol. The van der Waals surface area contributed by atoms with Crippen LogP contribution in [-0.4, -0.2) is 30.1 Å². The Bertz CT molecular complexity index is 961. The van der Waals surface area contributed by atoms with Crippen LogP contribution in [0.4, 0.5) is 0 Å². The van der Waals surface area contributed by atoms with Crippen molar-refractivity contribution in [2.75, 3.05) is 0 Å². The van der Waals surface area contributed by atoms with E-state index < -0.39 is 11.0 Å². The van der Waals surface area contributed by atoms with Gasteiger partial charge < -0.3 is 14.2 Å². The number of carbonyl (C=O) groups excluding carboxylic acids is 3. The molecule has 2 fully saturated rings. The molecule has 6 heteroatoms. The van der Waals surface area contributed by atoms with Crippen molar-refractivity contribution >= 4 is 18.4 Å². The molecule has 31 heavy (non-hydrogen) atoms. The molecular weight excluding hydrogens is 396 g/mol. The van der Waals surface area contributed by atoms with Crippen LogP contribution < -0.4 is 4.74 Å². The van der Waals surface area contributed by atoms with Crippen molar-refractivity contribution in [3.63, 3.8) is 0 Å². The van der Waals surface area contributed by atoms with E-state index in [0.717, 1.165) is 30.4 Å². The van der Waals surface area contributed by atoms with E-state index in [0.29, 0.717) is 25.1 Å². The van der Waals surface area contributed by atoms with Gasteiger partial charge in [-0.2, -0.15) is 0 Å². The van der Waals surface area contributed by atoms with Gasteiger partial charge in [0, 0.05) is 25.2 Å². The maximum atomic E-state index is 11.9. The van der Waals surface area contributed by atoms with E-state index in [1.807, 2.05) is 12.1 Å². The highest BCUT2D eigenvalue weighted by atomic mass is 16.6. The fourth-order valence-corrected chi connectivity index (χ4v) is 6.71. The number of ether oxygens (including phenoxy) is 3. The van der Waals surface area contributed by atoms with Gasteiger partial charge in [-0.15, -0.1) is 6.42 Å². The second kappa shape index (κ2) is 7.71. The van der Waals surface area contributed by atoms with Gasteiger partial charge in [-0.25, -0.2) is 0 Å². The van der Waals surface area contributed by atoms with Crippen molar-refractivity contribution in [3.8, 4) is 18.1 Å². The summed E-state index contributed by atoms with van der Waals surface area (Å²) in [7, 11) is 0. The minimum atomic E-state index is -0.988.